The molecule has 0 aromatic rings. The molecular formula is C8H13N2O2. The van der Waals surface area contributed by atoms with E-state index in [-0.39, 0.29) is 6.04 Å². The second-order valence-corrected chi connectivity index (χ2v) is 3.52. The monoisotopic (exact) mass is 169 g/mol. The number of hydrogen-bond acceptors (Lipinski definition) is 2. The van der Waals surface area contributed by atoms with Crippen LogP contribution in [0.25, 0.3) is 0 Å². The van der Waals surface area contributed by atoms with Crippen LogP contribution in [-0.2, 0) is 4.79 Å². The SMILES string of the molecule is O=C(O)C12CC[N]C1CCCN2. The number of carbonyl (C=O) groups is 1. The number of aliphatic carboxylic acids is 1. The minimum atomic E-state index is -0.728. The molecule has 0 aromatic carbocycles. The van der Waals surface area contributed by atoms with Crippen LogP contribution >= 0.6 is 0 Å². The first-order chi connectivity index (χ1) is 5.76. The zero-order chi connectivity index (χ0) is 8.60. The summed E-state index contributed by atoms with van der Waals surface area (Å²) in [5.74, 6) is -0.728. The molecule has 2 atom stereocenters. The van der Waals surface area contributed by atoms with E-state index in [0.29, 0.717) is 13.0 Å². The Bertz CT molecular complexity index is 207. The van der Waals surface area contributed by atoms with E-state index in [2.05, 4.69) is 10.6 Å². The summed E-state index contributed by atoms with van der Waals surface area (Å²) in [5, 5.41) is 16.5. The van der Waals surface area contributed by atoms with E-state index in [1.807, 2.05) is 0 Å². The Morgan fingerprint density at radius 1 is 1.67 bits per heavy atom. The van der Waals surface area contributed by atoms with E-state index < -0.39 is 11.5 Å². The summed E-state index contributed by atoms with van der Waals surface area (Å²) in [5.41, 5.74) is -0.710. The Kier molecular flexibility index (Phi) is 1.81. The second-order valence-electron chi connectivity index (χ2n) is 3.52. The van der Waals surface area contributed by atoms with Crippen LogP contribution in [0.1, 0.15) is 19.3 Å². The van der Waals surface area contributed by atoms with Crippen LogP contribution in [0.5, 0.6) is 0 Å². The molecule has 4 heteroatoms. The Morgan fingerprint density at radius 2 is 2.50 bits per heavy atom. The summed E-state index contributed by atoms with van der Waals surface area (Å²) >= 11 is 0. The molecule has 0 spiro atoms. The van der Waals surface area contributed by atoms with E-state index >= 15 is 0 Å². The number of hydrogen-bond donors (Lipinski definition) is 2. The lowest BCUT2D eigenvalue weighted by Crippen LogP contribution is -2.61. The molecule has 2 rings (SSSR count). The maximum absolute atomic E-state index is 11.0. The minimum Gasteiger partial charge on any atom is -0.480 e. The highest BCUT2D eigenvalue weighted by molar-refractivity contribution is 5.80. The molecule has 2 heterocycles. The third kappa shape index (κ3) is 0.949. The third-order valence-corrected chi connectivity index (χ3v) is 2.90. The highest BCUT2D eigenvalue weighted by Crippen LogP contribution is 2.29. The molecule has 2 aliphatic rings. The average Bonchev–Trinajstić information content (AvgIpc) is 2.48. The third-order valence-electron chi connectivity index (χ3n) is 2.90. The van der Waals surface area contributed by atoms with Gasteiger partial charge in [0, 0.05) is 6.54 Å². The highest BCUT2D eigenvalue weighted by Gasteiger charge is 2.50. The van der Waals surface area contributed by atoms with Crippen LogP contribution in [0, 0.1) is 0 Å². The van der Waals surface area contributed by atoms with Crippen LogP contribution in [-0.4, -0.2) is 35.7 Å². The van der Waals surface area contributed by atoms with E-state index in [9.17, 15) is 4.79 Å². The molecule has 0 aromatic heterocycles. The lowest BCUT2D eigenvalue weighted by molar-refractivity contribution is -0.146. The topological polar surface area (TPSA) is 63.4 Å². The van der Waals surface area contributed by atoms with Gasteiger partial charge in [-0.2, -0.15) is 0 Å². The molecule has 4 nitrogen and oxygen atoms in total. The molecule has 2 aliphatic heterocycles. The molecule has 0 amide bonds. The van der Waals surface area contributed by atoms with E-state index in [0.717, 1.165) is 19.4 Å². The van der Waals surface area contributed by atoms with Crippen LogP contribution in [0.15, 0.2) is 0 Å². The predicted molar refractivity (Wildman–Crippen MR) is 43.0 cm³/mol. The van der Waals surface area contributed by atoms with Crippen molar-refractivity contribution < 1.29 is 9.90 Å². The second kappa shape index (κ2) is 2.71. The van der Waals surface area contributed by atoms with Crippen molar-refractivity contribution >= 4 is 5.97 Å². The standard InChI is InChI=1S/C8H13N2O2/c11-7(12)8-3-5-9-6(8)2-1-4-10-8/h6,10H,1-5H2,(H,11,12). The average molecular weight is 169 g/mol. The molecule has 0 aliphatic carbocycles. The number of carboxylic acids is 1. The fourth-order valence-electron chi connectivity index (χ4n) is 2.20. The molecule has 2 N–H and O–H groups in total. The quantitative estimate of drug-likeness (QED) is 0.560. The van der Waals surface area contributed by atoms with Gasteiger partial charge in [-0.3, -0.25) is 4.79 Å². The smallest absolute Gasteiger partial charge is 0.325 e. The van der Waals surface area contributed by atoms with Crippen molar-refractivity contribution in [1.82, 2.24) is 10.6 Å². The van der Waals surface area contributed by atoms with Gasteiger partial charge in [0.15, 0.2) is 0 Å². The molecule has 12 heavy (non-hydrogen) atoms. The normalized spacial score (nSPS) is 40.8. The van der Waals surface area contributed by atoms with Crippen molar-refractivity contribution in [1.29, 1.82) is 0 Å². The number of nitrogens with zero attached hydrogens (tertiary/aromatic N) is 1. The fourth-order valence-corrected chi connectivity index (χ4v) is 2.20. The first kappa shape index (κ1) is 8.01. The predicted octanol–water partition coefficient (Wildman–Crippen LogP) is -0.430. The van der Waals surface area contributed by atoms with E-state index in [1.165, 1.54) is 0 Å². The first-order valence-corrected chi connectivity index (χ1v) is 4.41. The summed E-state index contributed by atoms with van der Waals surface area (Å²) in [6, 6.07) is 0.0174. The van der Waals surface area contributed by atoms with Crippen LogP contribution in [0.2, 0.25) is 0 Å². The van der Waals surface area contributed by atoms with Gasteiger partial charge in [-0.25, -0.2) is 5.32 Å². The lowest BCUT2D eigenvalue weighted by Gasteiger charge is -2.35. The maximum Gasteiger partial charge on any atom is 0.325 e. The fraction of sp³-hybridized carbons (Fsp3) is 0.875. The molecule has 2 saturated heterocycles. The summed E-state index contributed by atoms with van der Waals surface area (Å²) in [6.07, 6.45) is 2.63. The minimum absolute atomic E-state index is 0.0174. The van der Waals surface area contributed by atoms with Gasteiger partial charge < -0.3 is 10.4 Å². The van der Waals surface area contributed by atoms with Crippen molar-refractivity contribution in [2.24, 2.45) is 0 Å². The number of nitrogens with one attached hydrogen (secondary N) is 1. The van der Waals surface area contributed by atoms with Gasteiger partial charge in [0.25, 0.3) is 0 Å². The lowest BCUT2D eigenvalue weighted by atomic mass is 9.84. The van der Waals surface area contributed by atoms with Gasteiger partial charge in [-0.15, -0.1) is 0 Å². The van der Waals surface area contributed by atoms with Gasteiger partial charge >= 0.3 is 5.97 Å². The Morgan fingerprint density at radius 3 is 3.17 bits per heavy atom. The maximum atomic E-state index is 11.0. The molecule has 0 saturated carbocycles. The Labute approximate surface area is 71.3 Å². The molecule has 1 radical (unpaired) electrons. The van der Waals surface area contributed by atoms with Crippen LogP contribution in [0.4, 0.5) is 0 Å². The molecule has 0 bridgehead atoms. The Hall–Kier alpha value is -0.610. The van der Waals surface area contributed by atoms with Crippen molar-refractivity contribution in [3.8, 4) is 0 Å². The molecule has 67 valence electrons. The van der Waals surface area contributed by atoms with E-state index in [4.69, 9.17) is 5.11 Å². The van der Waals surface area contributed by atoms with Crippen LogP contribution < -0.4 is 10.6 Å². The summed E-state index contributed by atoms with van der Waals surface area (Å²) < 4.78 is 0. The van der Waals surface area contributed by atoms with Gasteiger partial charge in [-0.05, 0) is 25.8 Å². The van der Waals surface area contributed by atoms with Gasteiger partial charge in [0.05, 0.1) is 6.04 Å². The number of fused-ring (bicyclic) bond motifs is 1. The van der Waals surface area contributed by atoms with Gasteiger partial charge in [-0.1, -0.05) is 0 Å². The highest BCUT2D eigenvalue weighted by atomic mass is 16.4. The van der Waals surface area contributed by atoms with E-state index in [1.54, 1.807) is 0 Å². The van der Waals surface area contributed by atoms with Crippen molar-refractivity contribution in [3.63, 3.8) is 0 Å². The van der Waals surface area contributed by atoms with Crippen molar-refractivity contribution in [3.05, 3.63) is 0 Å². The van der Waals surface area contributed by atoms with Crippen molar-refractivity contribution in [2.45, 2.75) is 30.8 Å². The van der Waals surface area contributed by atoms with Gasteiger partial charge in [0.1, 0.15) is 5.54 Å². The number of carboxylic acid groups (broad SMARTS) is 1. The molecule has 2 fully saturated rings. The zero-order valence-corrected chi connectivity index (χ0v) is 6.92. The molecular weight excluding hydrogens is 156 g/mol. The first-order valence-electron chi connectivity index (χ1n) is 4.41. The largest absolute Gasteiger partial charge is 0.480 e. The van der Waals surface area contributed by atoms with Crippen LogP contribution in [0.3, 0.4) is 0 Å². The van der Waals surface area contributed by atoms with Gasteiger partial charge in [0.2, 0.25) is 0 Å². The Balaban J connectivity index is 2.23. The molecule has 2 unspecified atom stereocenters. The number of piperidine rings is 1. The summed E-state index contributed by atoms with van der Waals surface area (Å²) in [6.45, 7) is 1.52. The van der Waals surface area contributed by atoms with Crippen molar-refractivity contribution in [2.75, 3.05) is 13.1 Å². The summed E-state index contributed by atoms with van der Waals surface area (Å²) in [7, 11) is 0. The summed E-state index contributed by atoms with van der Waals surface area (Å²) in [4.78, 5) is 11.0. The zero-order valence-electron chi connectivity index (χ0n) is 6.92. The number of rotatable bonds is 1.